The Bertz CT molecular complexity index is 575. The van der Waals surface area contributed by atoms with E-state index in [2.05, 4.69) is 46.5 Å². The molecular weight excluding hydrogens is 410 g/mol. The molecule has 0 aliphatic heterocycles. The quantitative estimate of drug-likeness (QED) is 0.114. The number of aldehydes is 1. The largest absolute Gasteiger partial charge is 0.391 e. The van der Waals surface area contributed by atoms with Crippen LogP contribution in [0.1, 0.15) is 13.8 Å². The number of nitrogens with two attached hydrogens (primary N) is 1. The van der Waals surface area contributed by atoms with Crippen LogP contribution < -0.4 is 27.0 Å². The molecule has 0 aliphatic carbocycles. The van der Waals surface area contributed by atoms with Gasteiger partial charge in [-0.15, -0.1) is 0 Å². The summed E-state index contributed by atoms with van der Waals surface area (Å²) in [4.78, 5) is 58.5. The summed E-state index contributed by atoms with van der Waals surface area (Å²) in [7, 11) is 0. The molecule has 4 amide bonds. The number of carbonyl (C=O) groups is 5. The number of hydrogen-bond donors (Lipinski definition) is 8. The van der Waals surface area contributed by atoms with Gasteiger partial charge in [0.2, 0.25) is 23.6 Å². The standard InChI is InChI=1S/C15H27N5O6S2/c1-7(16)13(24)19-10(6-28)14(25)20-12(8(2)22)15(26)17-3-11(23)18-9(4-21)5-27/h4,7-10,12,22,27-28H,3,5-6,16H2,1-2H3,(H,17,26)(H,18,23)(H,19,24)(H,20,25)/t7-,8+,9+,10-,12-/m0/s1. The summed E-state index contributed by atoms with van der Waals surface area (Å²) >= 11 is 7.86. The van der Waals surface area contributed by atoms with E-state index >= 15 is 0 Å². The van der Waals surface area contributed by atoms with Gasteiger partial charge >= 0.3 is 0 Å². The third-order valence-corrected chi connectivity index (χ3v) is 4.18. The molecule has 7 N–H and O–H groups in total. The van der Waals surface area contributed by atoms with E-state index in [0.29, 0.717) is 6.29 Å². The average Bonchev–Trinajstić information content (AvgIpc) is 2.65. The van der Waals surface area contributed by atoms with Crippen LogP contribution in [0.2, 0.25) is 0 Å². The van der Waals surface area contributed by atoms with Gasteiger partial charge in [0.25, 0.3) is 0 Å². The Labute approximate surface area is 173 Å². The van der Waals surface area contributed by atoms with Crippen molar-refractivity contribution >= 4 is 55.2 Å². The Hall–Kier alpha value is -1.83. The van der Waals surface area contributed by atoms with Gasteiger partial charge in [-0.2, -0.15) is 25.3 Å². The van der Waals surface area contributed by atoms with Crippen LogP contribution >= 0.6 is 25.3 Å². The van der Waals surface area contributed by atoms with Crippen molar-refractivity contribution in [1.82, 2.24) is 21.3 Å². The van der Waals surface area contributed by atoms with Crippen LogP contribution in [0.25, 0.3) is 0 Å². The van der Waals surface area contributed by atoms with Crippen LogP contribution in [0.5, 0.6) is 0 Å². The highest BCUT2D eigenvalue weighted by atomic mass is 32.1. The lowest BCUT2D eigenvalue weighted by molar-refractivity contribution is -0.134. The van der Waals surface area contributed by atoms with Crippen LogP contribution in [0, 0.1) is 0 Å². The zero-order valence-corrected chi connectivity index (χ0v) is 17.3. The SMILES string of the molecule is C[C@H](N)C(=O)N[C@@H](CS)C(=O)N[C@H](C(=O)NCC(=O)N[C@H](C=O)CS)[C@@H](C)O. The van der Waals surface area contributed by atoms with Gasteiger partial charge in [0, 0.05) is 11.5 Å². The summed E-state index contributed by atoms with van der Waals surface area (Å²) < 4.78 is 0. The van der Waals surface area contributed by atoms with Gasteiger partial charge < -0.3 is 36.9 Å². The minimum Gasteiger partial charge on any atom is -0.391 e. The molecule has 0 fully saturated rings. The smallest absolute Gasteiger partial charge is 0.245 e. The van der Waals surface area contributed by atoms with Crippen LogP contribution in [0.3, 0.4) is 0 Å². The van der Waals surface area contributed by atoms with Gasteiger partial charge in [-0.05, 0) is 13.8 Å². The zero-order chi connectivity index (χ0) is 21.9. The highest BCUT2D eigenvalue weighted by molar-refractivity contribution is 7.80. The molecule has 28 heavy (non-hydrogen) atoms. The molecule has 0 saturated carbocycles. The van der Waals surface area contributed by atoms with E-state index in [1.54, 1.807) is 0 Å². The predicted octanol–water partition coefficient (Wildman–Crippen LogP) is -3.66. The molecule has 0 aromatic rings. The van der Waals surface area contributed by atoms with E-state index in [1.165, 1.54) is 13.8 Å². The van der Waals surface area contributed by atoms with Crippen molar-refractivity contribution in [3.8, 4) is 0 Å². The Balaban J connectivity index is 4.85. The summed E-state index contributed by atoms with van der Waals surface area (Å²) in [5, 5.41) is 19.0. The second kappa shape index (κ2) is 13.4. The van der Waals surface area contributed by atoms with Crippen molar-refractivity contribution in [2.45, 2.75) is 44.1 Å². The number of hydrogen-bond acceptors (Lipinski definition) is 9. The number of carbonyl (C=O) groups excluding carboxylic acids is 5. The van der Waals surface area contributed by atoms with Gasteiger partial charge in [-0.25, -0.2) is 0 Å². The molecule has 0 radical (unpaired) electrons. The van der Waals surface area contributed by atoms with Gasteiger partial charge in [0.15, 0.2) is 0 Å². The first-order valence-electron chi connectivity index (χ1n) is 8.35. The lowest BCUT2D eigenvalue weighted by Crippen LogP contribution is -2.59. The molecule has 0 aliphatic rings. The van der Waals surface area contributed by atoms with Gasteiger partial charge in [0.1, 0.15) is 18.4 Å². The van der Waals surface area contributed by atoms with E-state index in [-0.39, 0.29) is 11.5 Å². The third kappa shape index (κ3) is 9.39. The average molecular weight is 438 g/mol. The Kier molecular flexibility index (Phi) is 12.5. The first-order valence-corrected chi connectivity index (χ1v) is 9.62. The topological polar surface area (TPSA) is 180 Å². The summed E-state index contributed by atoms with van der Waals surface area (Å²) in [5.74, 6) is -2.80. The van der Waals surface area contributed by atoms with E-state index in [1.807, 2.05) is 0 Å². The van der Waals surface area contributed by atoms with Crippen LogP contribution in [-0.4, -0.2) is 83.3 Å². The second-order valence-corrected chi connectivity index (χ2v) is 6.70. The molecule has 5 atom stereocenters. The predicted molar refractivity (Wildman–Crippen MR) is 108 cm³/mol. The van der Waals surface area contributed by atoms with Crippen molar-refractivity contribution in [1.29, 1.82) is 0 Å². The minimum atomic E-state index is -1.39. The second-order valence-electron chi connectivity index (χ2n) is 5.97. The van der Waals surface area contributed by atoms with Crippen LogP contribution in [0.15, 0.2) is 0 Å². The molecule has 0 heterocycles. The fourth-order valence-corrected chi connectivity index (χ4v) is 2.25. The van der Waals surface area contributed by atoms with Crippen molar-refractivity contribution < 1.29 is 29.1 Å². The summed E-state index contributed by atoms with van der Waals surface area (Å²) in [6, 6.07) is -4.12. The number of amides is 4. The van der Waals surface area contributed by atoms with Crippen molar-refractivity contribution in [3.05, 3.63) is 0 Å². The van der Waals surface area contributed by atoms with Gasteiger partial charge in [0.05, 0.1) is 24.7 Å². The number of rotatable bonds is 12. The fraction of sp³-hybridized carbons (Fsp3) is 0.667. The summed E-state index contributed by atoms with van der Waals surface area (Å²) in [5.41, 5.74) is 5.42. The summed E-state index contributed by atoms with van der Waals surface area (Å²) in [6.45, 7) is 2.22. The van der Waals surface area contributed by atoms with Crippen LogP contribution in [-0.2, 0) is 24.0 Å². The molecule has 11 nitrogen and oxygen atoms in total. The molecule has 0 spiro atoms. The lowest BCUT2D eigenvalue weighted by Gasteiger charge is -2.24. The maximum atomic E-state index is 12.3. The molecule has 160 valence electrons. The van der Waals surface area contributed by atoms with Crippen LogP contribution in [0.4, 0.5) is 0 Å². The molecule has 0 bridgehead atoms. The Morgan fingerprint density at radius 2 is 1.61 bits per heavy atom. The monoisotopic (exact) mass is 437 g/mol. The first kappa shape index (κ1) is 26.2. The lowest BCUT2D eigenvalue weighted by atomic mass is 10.1. The number of aliphatic hydroxyl groups is 1. The van der Waals surface area contributed by atoms with E-state index in [0.717, 1.165) is 0 Å². The molecule has 0 unspecified atom stereocenters. The van der Waals surface area contributed by atoms with Gasteiger partial charge in [-0.1, -0.05) is 0 Å². The van der Waals surface area contributed by atoms with Crippen molar-refractivity contribution in [3.63, 3.8) is 0 Å². The van der Waals surface area contributed by atoms with Gasteiger partial charge in [-0.3, -0.25) is 19.2 Å². The molecule has 0 saturated heterocycles. The molecule has 0 aromatic carbocycles. The first-order chi connectivity index (χ1) is 13.1. The summed E-state index contributed by atoms with van der Waals surface area (Å²) in [6.07, 6.45) is -0.795. The number of aliphatic hydroxyl groups excluding tert-OH is 1. The highest BCUT2D eigenvalue weighted by Crippen LogP contribution is 1.97. The highest BCUT2D eigenvalue weighted by Gasteiger charge is 2.29. The molecule has 0 aromatic heterocycles. The minimum absolute atomic E-state index is 0.0718. The number of thiol groups is 2. The third-order valence-electron chi connectivity index (χ3n) is 3.42. The van der Waals surface area contributed by atoms with E-state index < -0.39 is 60.4 Å². The normalized spacial score (nSPS) is 15.9. The van der Waals surface area contributed by atoms with E-state index in [4.69, 9.17) is 5.73 Å². The molecule has 0 rings (SSSR count). The molecule has 13 heteroatoms. The Morgan fingerprint density at radius 1 is 1.00 bits per heavy atom. The maximum absolute atomic E-state index is 12.3. The Morgan fingerprint density at radius 3 is 2.04 bits per heavy atom. The molecular formula is C15H27N5O6S2. The van der Waals surface area contributed by atoms with Crippen molar-refractivity contribution in [2.24, 2.45) is 5.73 Å². The fourth-order valence-electron chi connectivity index (χ4n) is 1.81. The zero-order valence-electron chi connectivity index (χ0n) is 15.5. The maximum Gasteiger partial charge on any atom is 0.245 e. The number of nitrogens with one attached hydrogen (secondary N) is 4. The van der Waals surface area contributed by atoms with Crippen molar-refractivity contribution in [2.75, 3.05) is 18.1 Å². The van der Waals surface area contributed by atoms with E-state index in [9.17, 15) is 29.1 Å².